The number of carboxylic acid groups (broad SMARTS) is 1. The zero-order valence-corrected chi connectivity index (χ0v) is 9.31. The van der Waals surface area contributed by atoms with Crippen LogP contribution in [0, 0.1) is 11.8 Å². The van der Waals surface area contributed by atoms with E-state index in [1.54, 1.807) is 7.11 Å². The number of hydrogen-bond donors (Lipinski definition) is 2. The van der Waals surface area contributed by atoms with E-state index in [1.807, 2.05) is 12.2 Å². The molecule has 16 heavy (non-hydrogen) atoms. The summed E-state index contributed by atoms with van der Waals surface area (Å²) in [7, 11) is 1.55. The zero-order chi connectivity index (χ0) is 12.0. The van der Waals surface area contributed by atoms with Crippen molar-refractivity contribution >= 4 is 11.9 Å². The molecular formula is C11H17NO4. The zero-order valence-electron chi connectivity index (χ0n) is 9.31. The van der Waals surface area contributed by atoms with E-state index in [0.29, 0.717) is 26.0 Å². The van der Waals surface area contributed by atoms with Gasteiger partial charge in [-0.3, -0.25) is 9.59 Å². The highest BCUT2D eigenvalue weighted by molar-refractivity contribution is 5.85. The van der Waals surface area contributed by atoms with E-state index in [1.165, 1.54) is 0 Å². The minimum Gasteiger partial charge on any atom is -0.481 e. The number of amides is 1. The molecular weight excluding hydrogens is 210 g/mol. The molecule has 0 saturated carbocycles. The molecule has 5 heteroatoms. The van der Waals surface area contributed by atoms with Gasteiger partial charge in [0.15, 0.2) is 0 Å². The van der Waals surface area contributed by atoms with Crippen molar-refractivity contribution in [3.8, 4) is 0 Å². The lowest BCUT2D eigenvalue weighted by Gasteiger charge is -2.24. The minimum atomic E-state index is -0.906. The monoisotopic (exact) mass is 227 g/mol. The molecule has 0 spiro atoms. The van der Waals surface area contributed by atoms with Crippen molar-refractivity contribution in [3.05, 3.63) is 12.2 Å². The summed E-state index contributed by atoms with van der Waals surface area (Å²) in [6, 6.07) is 0. The normalized spacial score (nSPS) is 24.1. The lowest BCUT2D eigenvalue weighted by molar-refractivity contribution is -0.147. The third kappa shape index (κ3) is 3.34. The van der Waals surface area contributed by atoms with Gasteiger partial charge in [0.2, 0.25) is 5.91 Å². The van der Waals surface area contributed by atoms with E-state index in [4.69, 9.17) is 9.84 Å². The highest BCUT2D eigenvalue weighted by atomic mass is 16.5. The number of aliphatic carboxylic acids is 1. The van der Waals surface area contributed by atoms with Crippen LogP contribution in [-0.2, 0) is 14.3 Å². The number of hydrogen-bond acceptors (Lipinski definition) is 3. The molecule has 1 rings (SSSR count). The Kier molecular flexibility index (Phi) is 4.98. The number of carboxylic acids is 1. The van der Waals surface area contributed by atoms with Crippen molar-refractivity contribution in [3.63, 3.8) is 0 Å². The average Bonchev–Trinajstić information content (AvgIpc) is 2.29. The second-order valence-electron chi connectivity index (χ2n) is 3.78. The van der Waals surface area contributed by atoms with E-state index in [0.717, 1.165) is 0 Å². The lowest BCUT2D eigenvalue weighted by atomic mass is 9.82. The first-order chi connectivity index (χ1) is 7.66. The topological polar surface area (TPSA) is 75.6 Å². The molecule has 0 saturated heterocycles. The van der Waals surface area contributed by atoms with Crippen LogP contribution in [0.25, 0.3) is 0 Å². The molecule has 0 aromatic carbocycles. The van der Waals surface area contributed by atoms with Gasteiger partial charge in [-0.25, -0.2) is 0 Å². The van der Waals surface area contributed by atoms with Crippen LogP contribution in [0.1, 0.15) is 12.8 Å². The van der Waals surface area contributed by atoms with Gasteiger partial charge < -0.3 is 15.2 Å². The summed E-state index contributed by atoms with van der Waals surface area (Å²) >= 11 is 0. The fraction of sp³-hybridized carbons (Fsp3) is 0.636. The molecule has 90 valence electrons. The van der Waals surface area contributed by atoms with Crippen LogP contribution in [0.5, 0.6) is 0 Å². The Balaban J connectivity index is 2.52. The van der Waals surface area contributed by atoms with Crippen molar-refractivity contribution in [2.75, 3.05) is 20.3 Å². The van der Waals surface area contributed by atoms with E-state index in [2.05, 4.69) is 5.32 Å². The van der Waals surface area contributed by atoms with Gasteiger partial charge in [0.25, 0.3) is 0 Å². The van der Waals surface area contributed by atoms with Gasteiger partial charge in [-0.2, -0.15) is 0 Å². The molecule has 2 N–H and O–H groups in total. The number of rotatable bonds is 5. The average molecular weight is 227 g/mol. The molecule has 0 bridgehead atoms. The Morgan fingerprint density at radius 1 is 1.38 bits per heavy atom. The fourth-order valence-corrected chi connectivity index (χ4v) is 1.78. The molecule has 0 aromatic rings. The molecule has 0 aromatic heterocycles. The third-order valence-electron chi connectivity index (χ3n) is 2.69. The molecule has 0 heterocycles. The van der Waals surface area contributed by atoms with Crippen molar-refractivity contribution in [2.24, 2.45) is 11.8 Å². The Morgan fingerprint density at radius 2 is 2.00 bits per heavy atom. The van der Waals surface area contributed by atoms with Gasteiger partial charge in [0.05, 0.1) is 18.4 Å². The SMILES string of the molecule is COCCNC(=O)[C@@H]1CC=CC[C@@H]1C(=O)O. The second-order valence-corrected chi connectivity index (χ2v) is 3.78. The number of carbonyl (C=O) groups excluding carboxylic acids is 1. The van der Waals surface area contributed by atoms with Crippen molar-refractivity contribution in [1.82, 2.24) is 5.32 Å². The molecule has 1 aliphatic carbocycles. The van der Waals surface area contributed by atoms with E-state index in [-0.39, 0.29) is 5.91 Å². The standard InChI is InChI=1S/C11H17NO4/c1-16-7-6-12-10(13)8-4-2-3-5-9(8)11(14)15/h2-3,8-9H,4-7H2,1H3,(H,12,13)(H,14,15)/t8-,9+/m1/s1. The van der Waals surface area contributed by atoms with Crippen LogP contribution < -0.4 is 5.32 Å². The van der Waals surface area contributed by atoms with E-state index in [9.17, 15) is 9.59 Å². The maximum Gasteiger partial charge on any atom is 0.307 e. The maximum atomic E-state index is 11.7. The Bertz CT molecular complexity index is 288. The van der Waals surface area contributed by atoms with Gasteiger partial charge in [0, 0.05) is 13.7 Å². The number of allylic oxidation sites excluding steroid dienone is 2. The minimum absolute atomic E-state index is 0.200. The molecule has 0 radical (unpaired) electrons. The first-order valence-corrected chi connectivity index (χ1v) is 5.31. The summed E-state index contributed by atoms with van der Waals surface area (Å²) in [6.07, 6.45) is 4.60. The number of methoxy groups -OCH3 is 1. The first-order valence-electron chi connectivity index (χ1n) is 5.31. The number of ether oxygens (including phenoxy) is 1. The summed E-state index contributed by atoms with van der Waals surface area (Å²) in [5.41, 5.74) is 0. The van der Waals surface area contributed by atoms with Crippen LogP contribution in [0.4, 0.5) is 0 Å². The number of nitrogens with one attached hydrogen (secondary N) is 1. The van der Waals surface area contributed by atoms with Crippen LogP contribution >= 0.6 is 0 Å². The predicted molar refractivity (Wildman–Crippen MR) is 57.9 cm³/mol. The van der Waals surface area contributed by atoms with Gasteiger partial charge in [0.1, 0.15) is 0 Å². The lowest BCUT2D eigenvalue weighted by Crippen LogP contribution is -2.39. The first kappa shape index (κ1) is 12.7. The molecule has 0 unspecified atom stereocenters. The Morgan fingerprint density at radius 3 is 2.56 bits per heavy atom. The van der Waals surface area contributed by atoms with Crippen molar-refractivity contribution in [1.29, 1.82) is 0 Å². The summed E-state index contributed by atoms with van der Waals surface area (Å²) in [4.78, 5) is 22.7. The quantitative estimate of drug-likeness (QED) is 0.527. The van der Waals surface area contributed by atoms with Gasteiger partial charge in [-0.1, -0.05) is 12.2 Å². The molecule has 5 nitrogen and oxygen atoms in total. The van der Waals surface area contributed by atoms with Crippen LogP contribution in [0.15, 0.2) is 12.2 Å². The summed E-state index contributed by atoms with van der Waals surface area (Å²) in [5, 5.41) is 11.7. The van der Waals surface area contributed by atoms with Crippen molar-refractivity contribution < 1.29 is 19.4 Å². The fourth-order valence-electron chi connectivity index (χ4n) is 1.78. The molecule has 2 atom stereocenters. The largest absolute Gasteiger partial charge is 0.481 e. The Hall–Kier alpha value is -1.36. The van der Waals surface area contributed by atoms with Gasteiger partial charge in [-0.15, -0.1) is 0 Å². The Labute approximate surface area is 94.5 Å². The third-order valence-corrected chi connectivity index (χ3v) is 2.69. The van der Waals surface area contributed by atoms with Crippen LogP contribution in [0.2, 0.25) is 0 Å². The summed E-state index contributed by atoms with van der Waals surface area (Å²) < 4.78 is 4.81. The maximum absolute atomic E-state index is 11.7. The summed E-state index contributed by atoms with van der Waals surface area (Å²) in [5.74, 6) is -2.17. The van der Waals surface area contributed by atoms with Crippen LogP contribution in [-0.4, -0.2) is 37.2 Å². The smallest absolute Gasteiger partial charge is 0.307 e. The second kappa shape index (κ2) is 6.27. The summed E-state index contributed by atoms with van der Waals surface area (Å²) in [6.45, 7) is 0.855. The highest BCUT2D eigenvalue weighted by Crippen LogP contribution is 2.25. The van der Waals surface area contributed by atoms with E-state index >= 15 is 0 Å². The number of carbonyl (C=O) groups is 2. The van der Waals surface area contributed by atoms with Crippen LogP contribution in [0.3, 0.4) is 0 Å². The van der Waals surface area contributed by atoms with E-state index < -0.39 is 17.8 Å². The van der Waals surface area contributed by atoms with Gasteiger partial charge >= 0.3 is 5.97 Å². The molecule has 1 aliphatic rings. The van der Waals surface area contributed by atoms with Crippen molar-refractivity contribution in [2.45, 2.75) is 12.8 Å². The molecule has 1 amide bonds. The molecule has 0 aliphatic heterocycles. The van der Waals surface area contributed by atoms with Gasteiger partial charge in [-0.05, 0) is 12.8 Å². The molecule has 0 fully saturated rings. The predicted octanol–water partition coefficient (Wildman–Crippen LogP) is 0.416. The highest BCUT2D eigenvalue weighted by Gasteiger charge is 2.33.